The minimum atomic E-state index is 1.30. The van der Waals surface area contributed by atoms with Gasteiger partial charge in [0.15, 0.2) is 0 Å². The Morgan fingerprint density at radius 1 is 0.222 bits per heavy atom. The molecule has 0 N–H and O–H groups in total. The van der Waals surface area contributed by atoms with Crippen LogP contribution in [0.5, 0.6) is 0 Å². The molecule has 0 bridgehead atoms. The van der Waals surface area contributed by atoms with Gasteiger partial charge in [-0.3, -0.25) is 0 Å². The van der Waals surface area contributed by atoms with Crippen molar-refractivity contribution in [2.75, 3.05) is 0 Å². The van der Waals surface area contributed by atoms with Gasteiger partial charge in [0, 0.05) is 0 Å². The lowest BCUT2D eigenvalue weighted by Gasteiger charge is -2.16. The summed E-state index contributed by atoms with van der Waals surface area (Å²) in [5.74, 6) is 0. The molecule has 0 spiro atoms. The molecule has 0 nitrogen and oxygen atoms in total. The van der Waals surface area contributed by atoms with Crippen LogP contribution in [0.4, 0.5) is 0 Å². The lowest BCUT2D eigenvalue weighted by atomic mass is 9.88. The highest BCUT2D eigenvalue weighted by atomic mass is 14.2. The maximum absolute atomic E-state index is 2.52. The Bertz CT molecular complexity index is 3210. The van der Waals surface area contributed by atoms with Crippen molar-refractivity contribution in [1.29, 1.82) is 0 Å². The number of fused-ring (bicyclic) bond motifs is 11. The molecule has 0 unspecified atom stereocenters. The van der Waals surface area contributed by atoms with E-state index in [9.17, 15) is 0 Å². The van der Waals surface area contributed by atoms with Gasteiger partial charge in [-0.2, -0.15) is 0 Å². The maximum atomic E-state index is 2.52. The summed E-state index contributed by atoms with van der Waals surface area (Å²) >= 11 is 0. The summed E-state index contributed by atoms with van der Waals surface area (Å²) in [5.41, 5.74) is 15.9. The summed E-state index contributed by atoms with van der Waals surface area (Å²) in [4.78, 5) is 0. The smallest absolute Gasteiger partial charge is 0.00195 e. The van der Waals surface area contributed by atoms with Crippen LogP contribution in [0.15, 0.2) is 109 Å². The maximum Gasteiger partial charge on any atom is -0.00195 e. The molecule has 0 aliphatic rings. The van der Waals surface area contributed by atoms with E-state index in [1.54, 1.807) is 0 Å². The van der Waals surface area contributed by atoms with Gasteiger partial charge in [-0.1, -0.05) is 83.9 Å². The van der Waals surface area contributed by atoms with Crippen molar-refractivity contribution in [2.45, 2.75) is 55.4 Å². The Hall–Kier alpha value is -5.98. The highest BCUT2D eigenvalue weighted by molar-refractivity contribution is 6.40. The molecule has 0 heteroatoms. The third-order valence-electron chi connectivity index (χ3n) is 13.1. The van der Waals surface area contributed by atoms with E-state index >= 15 is 0 Å². The first-order valence-electron chi connectivity index (χ1n) is 19.4. The Morgan fingerprint density at radius 3 is 0.907 bits per heavy atom. The van der Waals surface area contributed by atoms with Gasteiger partial charge in [0.25, 0.3) is 0 Å². The highest BCUT2D eigenvalue weighted by Gasteiger charge is 2.22. The van der Waals surface area contributed by atoms with E-state index in [2.05, 4.69) is 165 Å². The van der Waals surface area contributed by atoms with Crippen LogP contribution in [-0.2, 0) is 0 Å². The molecule has 0 radical (unpaired) electrons. The van der Waals surface area contributed by atoms with Crippen molar-refractivity contribution < 1.29 is 0 Å². The van der Waals surface area contributed by atoms with Gasteiger partial charge < -0.3 is 0 Å². The first kappa shape index (κ1) is 31.5. The van der Waals surface area contributed by atoms with E-state index in [0.29, 0.717) is 0 Å². The molecule has 0 fully saturated rings. The number of hydrogen-bond acceptors (Lipinski definition) is 0. The van der Waals surface area contributed by atoms with E-state index in [1.165, 1.54) is 153 Å². The third kappa shape index (κ3) is 4.20. The minimum Gasteiger partial charge on any atom is -0.0587 e. The number of rotatable bonds is 2. The summed E-state index contributed by atoms with van der Waals surface area (Å²) < 4.78 is 0. The van der Waals surface area contributed by atoms with E-state index in [-0.39, 0.29) is 0 Å². The van der Waals surface area contributed by atoms with Gasteiger partial charge in [0.2, 0.25) is 0 Å². The zero-order chi connectivity index (χ0) is 36.9. The molecule has 0 aliphatic heterocycles. The van der Waals surface area contributed by atoms with Crippen LogP contribution in [0, 0.1) is 55.4 Å². The summed E-state index contributed by atoms with van der Waals surface area (Å²) in [7, 11) is 0. The lowest BCUT2D eigenvalue weighted by molar-refractivity contribution is 1.30. The van der Waals surface area contributed by atoms with Crippen LogP contribution < -0.4 is 0 Å². The predicted molar refractivity (Wildman–Crippen MR) is 238 cm³/mol. The van der Waals surface area contributed by atoms with Gasteiger partial charge in [-0.05, 0) is 234 Å². The van der Waals surface area contributed by atoms with Crippen molar-refractivity contribution in [3.63, 3.8) is 0 Å². The quantitative estimate of drug-likeness (QED) is 0.158. The van der Waals surface area contributed by atoms with Crippen molar-refractivity contribution >= 4 is 86.2 Å². The fourth-order valence-corrected chi connectivity index (χ4v) is 10.1. The average Bonchev–Trinajstić information content (AvgIpc) is 3.63. The first-order chi connectivity index (χ1) is 26.0. The van der Waals surface area contributed by atoms with Gasteiger partial charge in [-0.25, -0.2) is 0 Å². The second-order valence-electron chi connectivity index (χ2n) is 16.6. The Kier molecular flexibility index (Phi) is 6.31. The molecule has 0 aromatic heterocycles. The zero-order valence-electron chi connectivity index (χ0n) is 32.4. The number of benzene rings is 9. The summed E-state index contributed by atoms with van der Waals surface area (Å²) in [6.45, 7) is 17.9. The largest absolute Gasteiger partial charge is 0.0587 e. The van der Waals surface area contributed by atoms with Crippen LogP contribution >= 0.6 is 0 Å². The molecule has 0 saturated heterocycles. The van der Waals surface area contributed by atoms with E-state index in [0.717, 1.165) is 0 Å². The molecule has 0 saturated carbocycles. The number of hydrogen-bond donors (Lipinski definition) is 0. The topological polar surface area (TPSA) is 0 Å². The summed E-state index contributed by atoms with van der Waals surface area (Å²) in [6.07, 6.45) is 0. The normalized spacial score (nSPS) is 12.4. The van der Waals surface area contributed by atoms with Gasteiger partial charge >= 0.3 is 0 Å². The molecule has 258 valence electrons. The average molecular weight is 691 g/mol. The molecule has 0 atom stereocenters. The molecule has 11 rings (SSSR count). The minimum absolute atomic E-state index is 1.30. The molecular weight excluding hydrogens is 649 g/mol. The molecule has 0 heterocycles. The fourth-order valence-electron chi connectivity index (χ4n) is 10.1. The van der Waals surface area contributed by atoms with Crippen LogP contribution in [0.1, 0.15) is 44.5 Å². The fraction of sp³-hybridized carbons (Fsp3) is 0.148. The van der Waals surface area contributed by atoms with E-state index in [1.807, 2.05) is 0 Å². The summed E-state index contributed by atoms with van der Waals surface area (Å²) in [6, 6.07) is 43.4. The van der Waals surface area contributed by atoms with Crippen molar-refractivity contribution in [3.8, 4) is 22.3 Å². The zero-order valence-corrected chi connectivity index (χ0v) is 32.4. The van der Waals surface area contributed by atoms with Crippen molar-refractivity contribution in [1.82, 2.24) is 0 Å². The molecule has 11 aromatic carbocycles. The first-order valence-corrected chi connectivity index (χ1v) is 19.4. The molecular formula is C54H42. The lowest BCUT2D eigenvalue weighted by Crippen LogP contribution is -1.90. The van der Waals surface area contributed by atoms with Crippen molar-refractivity contribution in [3.05, 3.63) is 154 Å². The van der Waals surface area contributed by atoms with Crippen LogP contribution in [-0.4, -0.2) is 0 Å². The second-order valence-corrected chi connectivity index (χ2v) is 16.6. The van der Waals surface area contributed by atoms with Gasteiger partial charge in [-0.15, -0.1) is 0 Å². The van der Waals surface area contributed by atoms with Crippen LogP contribution in [0.25, 0.3) is 108 Å². The van der Waals surface area contributed by atoms with Crippen LogP contribution in [0.2, 0.25) is 0 Å². The second kappa shape index (κ2) is 10.8. The molecule has 0 aliphatic carbocycles. The third-order valence-corrected chi connectivity index (χ3v) is 13.1. The van der Waals surface area contributed by atoms with Crippen LogP contribution in [0.3, 0.4) is 0 Å². The monoisotopic (exact) mass is 690 g/mol. The standard InChI is InChI=1S/C54H42/c1-27-9-11-37-43(15-27)49-23-35(41-19-31(5)29(3)17-33(41)7)21-47-39-13-14-40-46(45(39)25-51(37)53(47)49)26-52-38-12-10-28(2)16-44(38)50-24-36(22-48(40)54(50)52)42-20-32(6)30(4)18-34(42)8/h9-26H,1-8H3. The SMILES string of the molecule is Cc1ccc2c(c1)c1cc(-c3cc(C)c(C)cc3C)cc3c4ccc5c(cc6c7ccc(C)cc7c7cc(-c8cc(C)c(C)cc8C)cc5c76)c4cc2c31. The van der Waals surface area contributed by atoms with Gasteiger partial charge in [0.05, 0.1) is 0 Å². The van der Waals surface area contributed by atoms with Gasteiger partial charge in [0.1, 0.15) is 0 Å². The molecule has 54 heavy (non-hydrogen) atoms. The molecule has 0 amide bonds. The Labute approximate surface area is 316 Å². The highest BCUT2D eigenvalue weighted by Crippen LogP contribution is 2.49. The molecule has 11 aromatic rings. The Morgan fingerprint density at radius 2 is 0.519 bits per heavy atom. The van der Waals surface area contributed by atoms with Crippen molar-refractivity contribution in [2.24, 2.45) is 0 Å². The predicted octanol–water partition coefficient (Wildman–Crippen LogP) is 15.6. The summed E-state index contributed by atoms with van der Waals surface area (Å²) in [5, 5.41) is 21.6. The Balaban J connectivity index is 1.33. The van der Waals surface area contributed by atoms with E-state index < -0.39 is 0 Å². The number of aryl methyl sites for hydroxylation is 8. The van der Waals surface area contributed by atoms with E-state index in [4.69, 9.17) is 0 Å².